The molecule has 0 amide bonds. The fourth-order valence-electron chi connectivity index (χ4n) is 2.10. The number of hydrogen-bond acceptors (Lipinski definition) is 3. The van der Waals surface area contributed by atoms with Crippen molar-refractivity contribution in [1.29, 1.82) is 0 Å². The van der Waals surface area contributed by atoms with Gasteiger partial charge >= 0.3 is 0 Å². The van der Waals surface area contributed by atoms with Crippen molar-refractivity contribution in [2.24, 2.45) is 10.9 Å². The number of aliphatic imine (C=N–C) groups is 1. The van der Waals surface area contributed by atoms with Gasteiger partial charge < -0.3 is 9.47 Å². The van der Waals surface area contributed by atoms with Crippen molar-refractivity contribution >= 4 is 11.6 Å². The summed E-state index contributed by atoms with van der Waals surface area (Å²) in [5.74, 6) is 2.09. The van der Waals surface area contributed by atoms with Crippen molar-refractivity contribution in [3.8, 4) is 5.75 Å². The highest BCUT2D eigenvalue weighted by Crippen LogP contribution is 2.19. The van der Waals surface area contributed by atoms with Crippen LogP contribution in [0.4, 0.5) is 5.69 Å². The Morgan fingerprint density at radius 3 is 2.33 bits per heavy atom. The molecule has 0 aliphatic carbocycles. The average Bonchev–Trinajstić information content (AvgIpc) is 2.61. The van der Waals surface area contributed by atoms with E-state index in [1.54, 1.807) is 7.11 Å². The minimum absolute atomic E-state index is 0.511. The van der Waals surface area contributed by atoms with Crippen molar-refractivity contribution in [2.45, 2.75) is 20.3 Å². The molecule has 0 atom stereocenters. The van der Waals surface area contributed by atoms with Crippen molar-refractivity contribution < 1.29 is 9.47 Å². The Morgan fingerprint density at radius 2 is 1.71 bits per heavy atom. The third kappa shape index (κ3) is 5.92. The summed E-state index contributed by atoms with van der Waals surface area (Å²) in [6.45, 7) is 4.91. The fraction of sp³-hybridized carbons (Fsp3) is 0.286. The second-order valence-electron chi connectivity index (χ2n) is 5.89. The van der Waals surface area contributed by atoms with Crippen LogP contribution in [-0.2, 0) is 4.74 Å². The number of nitrogens with zero attached hydrogens (tertiary/aromatic N) is 1. The predicted octanol–water partition coefficient (Wildman–Crippen LogP) is 5.39. The molecule has 0 radical (unpaired) electrons. The number of benzene rings is 2. The maximum absolute atomic E-state index is 5.90. The molecule has 0 unspecified atom stereocenters. The summed E-state index contributed by atoms with van der Waals surface area (Å²) in [5.41, 5.74) is 1.80. The lowest BCUT2D eigenvalue weighted by molar-refractivity contribution is 0.351. The zero-order valence-corrected chi connectivity index (χ0v) is 14.6. The third-order valence-corrected chi connectivity index (χ3v) is 3.41. The molecule has 0 fully saturated rings. The summed E-state index contributed by atoms with van der Waals surface area (Å²) < 4.78 is 11.1. The zero-order chi connectivity index (χ0) is 17.2. The Kier molecular flexibility index (Phi) is 7.09. The number of allylic oxidation sites excluding steroid dienone is 1. The van der Waals surface area contributed by atoms with Crippen molar-refractivity contribution in [3.63, 3.8) is 0 Å². The van der Waals surface area contributed by atoms with Crippen molar-refractivity contribution in [3.05, 3.63) is 72.3 Å². The predicted molar refractivity (Wildman–Crippen MR) is 100 cm³/mol. The van der Waals surface area contributed by atoms with Crippen molar-refractivity contribution in [2.75, 3.05) is 13.7 Å². The normalized spacial score (nSPS) is 11.9. The average molecular weight is 323 g/mol. The van der Waals surface area contributed by atoms with Gasteiger partial charge in [0.15, 0.2) is 0 Å². The van der Waals surface area contributed by atoms with E-state index in [4.69, 9.17) is 9.47 Å². The lowest BCUT2D eigenvalue weighted by Crippen LogP contribution is -2.06. The molecule has 0 aromatic heterocycles. The third-order valence-electron chi connectivity index (χ3n) is 3.41. The molecule has 0 heterocycles. The molecule has 0 spiro atoms. The Hall–Kier alpha value is -2.55. The first-order valence-corrected chi connectivity index (χ1v) is 8.25. The molecule has 2 aromatic carbocycles. The second-order valence-corrected chi connectivity index (χ2v) is 5.89. The second kappa shape index (κ2) is 9.56. The molecule has 0 aliphatic rings. The van der Waals surface area contributed by atoms with Crippen LogP contribution in [0.5, 0.6) is 5.75 Å². The molecule has 2 rings (SSSR count). The zero-order valence-electron chi connectivity index (χ0n) is 14.6. The van der Waals surface area contributed by atoms with E-state index in [0.29, 0.717) is 18.4 Å². The summed E-state index contributed by atoms with van der Waals surface area (Å²) in [5, 5.41) is 0. The summed E-state index contributed by atoms with van der Waals surface area (Å²) in [4.78, 5) is 4.64. The maximum Gasteiger partial charge on any atom is 0.221 e. The topological polar surface area (TPSA) is 30.8 Å². The molecule has 24 heavy (non-hydrogen) atoms. The van der Waals surface area contributed by atoms with E-state index in [0.717, 1.165) is 23.4 Å². The van der Waals surface area contributed by atoms with E-state index in [9.17, 15) is 0 Å². The largest absolute Gasteiger partial charge is 0.497 e. The van der Waals surface area contributed by atoms with Crippen LogP contribution in [0.25, 0.3) is 0 Å². The van der Waals surface area contributed by atoms with Gasteiger partial charge in [-0.1, -0.05) is 44.2 Å². The van der Waals surface area contributed by atoms with Crippen LogP contribution in [0.15, 0.2) is 71.7 Å². The first-order chi connectivity index (χ1) is 11.7. The van der Waals surface area contributed by atoms with Gasteiger partial charge in [-0.15, -0.1) is 0 Å². The van der Waals surface area contributed by atoms with Crippen LogP contribution in [0.1, 0.15) is 25.8 Å². The monoisotopic (exact) mass is 323 g/mol. The quantitative estimate of drug-likeness (QED) is 0.388. The van der Waals surface area contributed by atoms with Crippen LogP contribution < -0.4 is 4.74 Å². The van der Waals surface area contributed by atoms with Gasteiger partial charge in [0.1, 0.15) is 12.4 Å². The summed E-state index contributed by atoms with van der Waals surface area (Å²) in [7, 11) is 1.65. The lowest BCUT2D eigenvalue weighted by atomic mass is 10.1. The molecule has 3 heteroatoms. The molecule has 126 valence electrons. The van der Waals surface area contributed by atoms with E-state index >= 15 is 0 Å². The van der Waals surface area contributed by atoms with E-state index in [1.807, 2.05) is 60.7 Å². The first kappa shape index (κ1) is 17.8. The number of rotatable bonds is 7. The van der Waals surface area contributed by atoms with E-state index in [-0.39, 0.29) is 0 Å². The Balaban J connectivity index is 2.13. The SMILES string of the molecule is COc1ccc(N=C(OC/C=C\CC(C)C)c2ccccc2)cc1. The Labute approximate surface area is 144 Å². The van der Waals surface area contributed by atoms with E-state index in [1.165, 1.54) is 0 Å². The van der Waals surface area contributed by atoms with Gasteiger partial charge in [0, 0.05) is 5.56 Å². The van der Waals surface area contributed by atoms with E-state index in [2.05, 4.69) is 24.9 Å². The van der Waals surface area contributed by atoms with Gasteiger partial charge in [0.25, 0.3) is 0 Å². The van der Waals surface area contributed by atoms with Gasteiger partial charge in [-0.3, -0.25) is 0 Å². The summed E-state index contributed by atoms with van der Waals surface area (Å²) in [6, 6.07) is 17.6. The smallest absolute Gasteiger partial charge is 0.221 e. The van der Waals surface area contributed by atoms with Gasteiger partial charge in [0.2, 0.25) is 5.90 Å². The molecule has 3 nitrogen and oxygen atoms in total. The van der Waals surface area contributed by atoms with Gasteiger partial charge in [-0.2, -0.15) is 0 Å². The molecule has 0 saturated heterocycles. The Bertz CT molecular complexity index is 658. The van der Waals surface area contributed by atoms with Crippen LogP contribution >= 0.6 is 0 Å². The summed E-state index contributed by atoms with van der Waals surface area (Å²) in [6.07, 6.45) is 5.26. The van der Waals surface area contributed by atoms with Crippen LogP contribution in [0.3, 0.4) is 0 Å². The minimum Gasteiger partial charge on any atom is -0.497 e. The van der Waals surface area contributed by atoms with Gasteiger partial charge in [-0.25, -0.2) is 4.99 Å². The standard InChI is InChI=1S/C21H25NO2/c1-17(2)9-7-8-16-24-21(18-10-5-4-6-11-18)22-19-12-14-20(23-3)15-13-19/h4-8,10-15,17H,9,16H2,1-3H3/b8-7-,22-21?. The van der Waals surface area contributed by atoms with Crippen LogP contribution in [-0.4, -0.2) is 19.6 Å². The fourth-order valence-corrected chi connectivity index (χ4v) is 2.10. The summed E-state index contributed by atoms with van der Waals surface area (Å²) >= 11 is 0. The minimum atomic E-state index is 0.511. The number of ether oxygens (including phenoxy) is 2. The highest BCUT2D eigenvalue weighted by molar-refractivity contribution is 5.95. The number of hydrogen-bond donors (Lipinski definition) is 0. The first-order valence-electron chi connectivity index (χ1n) is 8.25. The molecule has 0 saturated carbocycles. The molecular weight excluding hydrogens is 298 g/mol. The molecule has 0 aliphatic heterocycles. The van der Waals surface area contributed by atoms with Crippen LogP contribution in [0, 0.1) is 5.92 Å². The van der Waals surface area contributed by atoms with Gasteiger partial charge in [0.05, 0.1) is 12.8 Å². The van der Waals surface area contributed by atoms with Crippen LogP contribution in [0.2, 0.25) is 0 Å². The molecular formula is C21H25NO2. The van der Waals surface area contributed by atoms with E-state index < -0.39 is 0 Å². The maximum atomic E-state index is 5.90. The van der Waals surface area contributed by atoms with Crippen molar-refractivity contribution in [1.82, 2.24) is 0 Å². The Morgan fingerprint density at radius 1 is 1.00 bits per heavy atom. The van der Waals surface area contributed by atoms with Gasteiger partial charge in [-0.05, 0) is 48.7 Å². The molecule has 0 bridgehead atoms. The number of methoxy groups -OCH3 is 1. The highest BCUT2D eigenvalue weighted by atomic mass is 16.5. The molecule has 2 aromatic rings. The molecule has 0 N–H and O–H groups in total. The highest BCUT2D eigenvalue weighted by Gasteiger charge is 2.04. The lowest BCUT2D eigenvalue weighted by Gasteiger charge is -2.08.